The van der Waals surface area contributed by atoms with Crippen LogP contribution >= 0.6 is 0 Å². The van der Waals surface area contributed by atoms with Crippen LogP contribution in [0.1, 0.15) is 22.8 Å². The van der Waals surface area contributed by atoms with Crippen LogP contribution in [-0.2, 0) is 18.2 Å². The lowest BCUT2D eigenvalue weighted by molar-refractivity contribution is 0.0601. The maximum atomic E-state index is 12.0. The van der Waals surface area contributed by atoms with Crippen molar-refractivity contribution in [1.29, 1.82) is 0 Å². The second-order valence-electron chi connectivity index (χ2n) is 4.18. The highest BCUT2D eigenvalue weighted by molar-refractivity contribution is 5.96. The molecule has 0 aliphatic carbocycles. The number of aromatic nitrogens is 1. The molecule has 2 rings (SSSR count). The number of rotatable bonds is 2. The molecule has 2 aromatic rings. The lowest BCUT2D eigenvalue weighted by atomic mass is 10.0. The van der Waals surface area contributed by atoms with Gasteiger partial charge in [0.05, 0.1) is 12.7 Å². The lowest BCUT2D eigenvalue weighted by Gasteiger charge is -2.08. The number of ether oxygens (including phenoxy) is 1. The Bertz CT molecular complexity index is 671. The summed E-state index contributed by atoms with van der Waals surface area (Å²) in [5.74, 6) is -0.389. The molecule has 1 aromatic carbocycles. The summed E-state index contributed by atoms with van der Waals surface area (Å²) in [5.41, 5.74) is 1.45. The van der Waals surface area contributed by atoms with E-state index in [9.17, 15) is 9.59 Å². The Balaban J connectivity index is 2.80. The van der Waals surface area contributed by atoms with Crippen molar-refractivity contribution in [3.63, 3.8) is 0 Å². The van der Waals surface area contributed by atoms with Gasteiger partial charge in [-0.15, -0.1) is 0 Å². The number of fused-ring (bicyclic) bond motifs is 1. The van der Waals surface area contributed by atoms with Gasteiger partial charge in [-0.3, -0.25) is 4.79 Å². The highest BCUT2D eigenvalue weighted by Crippen LogP contribution is 2.18. The normalized spacial score (nSPS) is 10.6. The van der Waals surface area contributed by atoms with Gasteiger partial charge in [-0.1, -0.05) is 6.92 Å². The van der Waals surface area contributed by atoms with Crippen LogP contribution in [0.15, 0.2) is 29.2 Å². The number of esters is 1. The van der Waals surface area contributed by atoms with E-state index in [0.29, 0.717) is 10.9 Å². The van der Waals surface area contributed by atoms with Crippen LogP contribution in [0.3, 0.4) is 0 Å². The first-order valence-electron chi connectivity index (χ1n) is 5.79. The largest absolute Gasteiger partial charge is 0.465 e. The molecule has 0 aliphatic heterocycles. The van der Waals surface area contributed by atoms with Crippen molar-refractivity contribution >= 4 is 16.7 Å². The van der Waals surface area contributed by atoms with E-state index >= 15 is 0 Å². The molecule has 0 unspecified atom stereocenters. The van der Waals surface area contributed by atoms with Gasteiger partial charge in [-0.2, -0.15) is 0 Å². The highest BCUT2D eigenvalue weighted by atomic mass is 16.5. The SMILES string of the molecule is CCc1cn(C)c(=O)c2ccc(C(=O)OC)cc12. The minimum absolute atomic E-state index is 0.0568. The summed E-state index contributed by atoms with van der Waals surface area (Å²) >= 11 is 0. The van der Waals surface area contributed by atoms with E-state index in [1.807, 2.05) is 13.1 Å². The van der Waals surface area contributed by atoms with Gasteiger partial charge >= 0.3 is 5.97 Å². The zero-order valence-electron chi connectivity index (χ0n) is 10.7. The molecule has 0 bridgehead atoms. The van der Waals surface area contributed by atoms with E-state index < -0.39 is 0 Å². The van der Waals surface area contributed by atoms with Crippen molar-refractivity contribution in [3.8, 4) is 0 Å². The van der Waals surface area contributed by atoms with Crippen molar-refractivity contribution in [2.45, 2.75) is 13.3 Å². The average Bonchev–Trinajstić information content (AvgIpc) is 2.41. The summed E-state index contributed by atoms with van der Waals surface area (Å²) in [5, 5.41) is 1.45. The first kappa shape index (κ1) is 12.4. The van der Waals surface area contributed by atoms with Crippen molar-refractivity contribution in [2.75, 3.05) is 7.11 Å². The fourth-order valence-electron chi connectivity index (χ4n) is 2.07. The van der Waals surface area contributed by atoms with Gasteiger partial charge in [0.2, 0.25) is 0 Å². The van der Waals surface area contributed by atoms with Crippen LogP contribution in [0, 0.1) is 0 Å². The van der Waals surface area contributed by atoms with Crippen molar-refractivity contribution in [3.05, 3.63) is 45.9 Å². The van der Waals surface area contributed by atoms with E-state index in [1.165, 1.54) is 7.11 Å². The quantitative estimate of drug-likeness (QED) is 0.759. The Hall–Kier alpha value is -2.10. The lowest BCUT2D eigenvalue weighted by Crippen LogP contribution is -2.17. The smallest absolute Gasteiger partial charge is 0.337 e. The Morgan fingerprint density at radius 3 is 2.67 bits per heavy atom. The highest BCUT2D eigenvalue weighted by Gasteiger charge is 2.10. The molecule has 0 saturated heterocycles. The number of benzene rings is 1. The van der Waals surface area contributed by atoms with Gasteiger partial charge in [0, 0.05) is 18.6 Å². The third-order valence-corrected chi connectivity index (χ3v) is 3.07. The van der Waals surface area contributed by atoms with Crippen LogP contribution in [0.5, 0.6) is 0 Å². The standard InChI is InChI=1S/C14H15NO3/c1-4-9-8-15(2)13(16)11-6-5-10(7-12(9)11)14(17)18-3/h5-8H,4H2,1-3H3. The minimum atomic E-state index is -0.389. The summed E-state index contributed by atoms with van der Waals surface area (Å²) in [6.45, 7) is 2.02. The maximum Gasteiger partial charge on any atom is 0.337 e. The molecule has 94 valence electrons. The third kappa shape index (κ3) is 1.90. The van der Waals surface area contributed by atoms with Gasteiger partial charge in [-0.05, 0) is 35.6 Å². The fourth-order valence-corrected chi connectivity index (χ4v) is 2.07. The van der Waals surface area contributed by atoms with Crippen molar-refractivity contribution in [2.24, 2.45) is 7.05 Å². The maximum absolute atomic E-state index is 12.0. The monoisotopic (exact) mass is 245 g/mol. The number of carbonyl (C=O) groups is 1. The molecule has 0 atom stereocenters. The Morgan fingerprint density at radius 1 is 1.33 bits per heavy atom. The third-order valence-electron chi connectivity index (χ3n) is 3.07. The summed E-state index contributed by atoms with van der Waals surface area (Å²) in [4.78, 5) is 23.5. The predicted molar refractivity (Wildman–Crippen MR) is 69.9 cm³/mol. The molecule has 0 fully saturated rings. The number of methoxy groups -OCH3 is 1. The molecule has 18 heavy (non-hydrogen) atoms. The minimum Gasteiger partial charge on any atom is -0.465 e. The number of nitrogens with zero attached hydrogens (tertiary/aromatic N) is 1. The van der Waals surface area contributed by atoms with Gasteiger partial charge in [0.15, 0.2) is 0 Å². The first-order chi connectivity index (χ1) is 8.58. The molecule has 0 N–H and O–H groups in total. The number of hydrogen-bond acceptors (Lipinski definition) is 3. The Kier molecular flexibility index (Phi) is 3.19. The van der Waals surface area contributed by atoms with E-state index in [0.717, 1.165) is 17.4 Å². The van der Waals surface area contributed by atoms with Crippen molar-refractivity contribution < 1.29 is 9.53 Å². The van der Waals surface area contributed by atoms with Gasteiger partial charge in [-0.25, -0.2) is 4.79 Å². The van der Waals surface area contributed by atoms with Gasteiger partial charge in [0.25, 0.3) is 5.56 Å². The van der Waals surface area contributed by atoms with E-state index in [4.69, 9.17) is 4.74 Å². The van der Waals surface area contributed by atoms with Crippen LogP contribution in [0.25, 0.3) is 10.8 Å². The second kappa shape index (κ2) is 4.64. The van der Waals surface area contributed by atoms with Gasteiger partial charge in [0.1, 0.15) is 0 Å². The topological polar surface area (TPSA) is 48.3 Å². The zero-order valence-corrected chi connectivity index (χ0v) is 10.7. The second-order valence-corrected chi connectivity index (χ2v) is 4.18. The number of pyridine rings is 1. The molecular formula is C14H15NO3. The Morgan fingerprint density at radius 2 is 2.06 bits per heavy atom. The average molecular weight is 245 g/mol. The molecular weight excluding hydrogens is 230 g/mol. The van der Waals surface area contributed by atoms with Crippen LogP contribution in [0.4, 0.5) is 0 Å². The molecule has 1 aromatic heterocycles. The van der Waals surface area contributed by atoms with E-state index in [-0.39, 0.29) is 11.5 Å². The number of aryl methyl sites for hydroxylation is 2. The summed E-state index contributed by atoms with van der Waals surface area (Å²) < 4.78 is 6.26. The van der Waals surface area contributed by atoms with E-state index in [2.05, 4.69) is 0 Å². The first-order valence-corrected chi connectivity index (χ1v) is 5.79. The van der Waals surface area contributed by atoms with E-state index in [1.54, 1.807) is 29.8 Å². The van der Waals surface area contributed by atoms with Crippen molar-refractivity contribution in [1.82, 2.24) is 4.57 Å². The molecule has 4 nitrogen and oxygen atoms in total. The van der Waals surface area contributed by atoms with Crippen LogP contribution in [0.2, 0.25) is 0 Å². The fraction of sp³-hybridized carbons (Fsp3) is 0.286. The molecule has 0 amide bonds. The summed E-state index contributed by atoms with van der Waals surface area (Å²) in [6.07, 6.45) is 2.61. The molecule has 0 spiro atoms. The molecule has 0 aliphatic rings. The number of hydrogen-bond donors (Lipinski definition) is 0. The molecule has 1 heterocycles. The molecule has 4 heteroatoms. The number of carbonyl (C=O) groups excluding carboxylic acids is 1. The summed E-state index contributed by atoms with van der Waals surface area (Å²) in [7, 11) is 3.08. The van der Waals surface area contributed by atoms with Crippen LogP contribution < -0.4 is 5.56 Å². The molecule has 0 saturated carbocycles. The zero-order chi connectivity index (χ0) is 13.3. The van der Waals surface area contributed by atoms with Gasteiger partial charge < -0.3 is 9.30 Å². The van der Waals surface area contributed by atoms with Crippen LogP contribution in [-0.4, -0.2) is 17.6 Å². The summed E-state index contributed by atoms with van der Waals surface area (Å²) in [6, 6.07) is 5.03. The molecule has 0 radical (unpaired) electrons. The predicted octanol–water partition coefficient (Wildman–Crippen LogP) is 1.89. The Labute approximate surface area is 105 Å².